The molecule has 0 radical (unpaired) electrons. The number of hydrogen-bond donors (Lipinski definition) is 1. The molecule has 4 rings (SSSR count). The summed E-state index contributed by atoms with van der Waals surface area (Å²) in [7, 11) is 0. The van der Waals surface area contributed by atoms with Crippen molar-refractivity contribution in [2.24, 2.45) is 0 Å². The monoisotopic (exact) mass is 402 g/mol. The van der Waals surface area contributed by atoms with E-state index in [2.05, 4.69) is 15.5 Å². The molecule has 0 aliphatic carbocycles. The number of hydrogen-bond acceptors (Lipinski definition) is 6. The number of carbonyl (C=O) groups is 1. The summed E-state index contributed by atoms with van der Waals surface area (Å²) in [6.45, 7) is 3.74. The van der Waals surface area contributed by atoms with E-state index in [0.717, 1.165) is 11.1 Å². The molecule has 8 heteroatoms. The molecular formula is C22H18N4O4. The molecule has 0 saturated heterocycles. The Bertz CT molecular complexity index is 1260. The van der Waals surface area contributed by atoms with Gasteiger partial charge >= 0.3 is 0 Å². The number of nitrogens with one attached hydrogen (secondary N) is 1. The minimum absolute atomic E-state index is 0.0179. The summed E-state index contributed by atoms with van der Waals surface area (Å²) in [6.07, 6.45) is 0. The number of fused-ring (bicyclic) bond motifs is 1. The number of carbonyl (C=O) groups excluding carboxylic acids is 1. The van der Waals surface area contributed by atoms with Crippen molar-refractivity contribution in [1.29, 1.82) is 0 Å². The summed E-state index contributed by atoms with van der Waals surface area (Å²) >= 11 is 0. The number of nitro benzene ring substituents is 1. The van der Waals surface area contributed by atoms with Crippen molar-refractivity contribution in [3.63, 3.8) is 0 Å². The van der Waals surface area contributed by atoms with Crippen LogP contribution in [-0.2, 0) is 6.54 Å². The van der Waals surface area contributed by atoms with Crippen molar-refractivity contribution in [1.82, 2.24) is 15.5 Å². The van der Waals surface area contributed by atoms with Crippen LogP contribution in [0.25, 0.3) is 22.4 Å². The molecule has 0 aliphatic rings. The maximum atomic E-state index is 13.0. The normalized spacial score (nSPS) is 10.9. The van der Waals surface area contributed by atoms with Crippen LogP contribution in [-0.4, -0.2) is 21.0 Å². The van der Waals surface area contributed by atoms with Gasteiger partial charge in [-0.3, -0.25) is 14.9 Å². The Morgan fingerprint density at radius 3 is 2.60 bits per heavy atom. The largest absolute Gasteiger partial charge is 0.348 e. The number of benzene rings is 2. The first kappa shape index (κ1) is 19.3. The number of para-hydroxylation sites is 1. The number of nitrogens with zero attached hydrogens (tertiary/aromatic N) is 3. The van der Waals surface area contributed by atoms with E-state index in [1.807, 2.05) is 31.2 Å². The Balaban J connectivity index is 1.70. The third-order valence-electron chi connectivity index (χ3n) is 4.84. The fourth-order valence-corrected chi connectivity index (χ4v) is 3.26. The van der Waals surface area contributed by atoms with E-state index in [1.165, 1.54) is 6.07 Å². The molecule has 0 bridgehead atoms. The molecule has 8 nitrogen and oxygen atoms in total. The molecule has 2 aromatic heterocycles. The Morgan fingerprint density at radius 2 is 1.87 bits per heavy atom. The first-order valence-corrected chi connectivity index (χ1v) is 9.28. The van der Waals surface area contributed by atoms with Crippen LogP contribution in [0.1, 0.15) is 27.2 Å². The zero-order valence-corrected chi connectivity index (χ0v) is 16.4. The topological polar surface area (TPSA) is 111 Å². The Kier molecular flexibility index (Phi) is 4.97. The van der Waals surface area contributed by atoms with Crippen molar-refractivity contribution in [2.45, 2.75) is 20.4 Å². The highest BCUT2D eigenvalue weighted by Gasteiger charge is 2.20. The van der Waals surface area contributed by atoms with E-state index < -0.39 is 4.92 Å². The minimum atomic E-state index is -0.466. The molecule has 0 fully saturated rings. The van der Waals surface area contributed by atoms with Gasteiger partial charge < -0.3 is 9.84 Å². The quantitative estimate of drug-likeness (QED) is 0.392. The molecular weight excluding hydrogens is 384 g/mol. The standard InChI is InChI=1S/C22H18N4O4/c1-13-7-9-15(10-8-13)18-11-17(20-14(2)25-30-22(20)24-18)21(27)23-12-16-5-3-4-6-19(16)26(28)29/h3-11H,12H2,1-2H3,(H,23,27). The molecule has 150 valence electrons. The van der Waals surface area contributed by atoms with Crippen LogP contribution in [0.4, 0.5) is 5.69 Å². The molecule has 0 aliphatic heterocycles. The lowest BCUT2D eigenvalue weighted by Gasteiger charge is -2.09. The predicted molar refractivity (Wildman–Crippen MR) is 111 cm³/mol. The van der Waals surface area contributed by atoms with E-state index in [0.29, 0.717) is 27.9 Å². The first-order valence-electron chi connectivity index (χ1n) is 9.28. The van der Waals surface area contributed by atoms with Gasteiger partial charge in [-0.25, -0.2) is 4.98 Å². The van der Waals surface area contributed by atoms with Gasteiger partial charge in [0.25, 0.3) is 17.3 Å². The third kappa shape index (κ3) is 3.62. The second-order valence-electron chi connectivity index (χ2n) is 6.94. The Hall–Kier alpha value is -4.07. The summed E-state index contributed by atoms with van der Waals surface area (Å²) in [5.41, 5.74) is 4.07. The summed E-state index contributed by atoms with van der Waals surface area (Å²) in [4.78, 5) is 28.3. The average molecular weight is 402 g/mol. The van der Waals surface area contributed by atoms with E-state index in [1.54, 1.807) is 31.2 Å². The van der Waals surface area contributed by atoms with Gasteiger partial charge in [0.1, 0.15) is 0 Å². The summed E-state index contributed by atoms with van der Waals surface area (Å²) < 4.78 is 5.31. The SMILES string of the molecule is Cc1ccc(-c2cc(C(=O)NCc3ccccc3[N+](=O)[O-])c3c(C)noc3n2)cc1. The molecule has 0 spiro atoms. The van der Waals surface area contributed by atoms with Gasteiger partial charge in [-0.05, 0) is 19.9 Å². The second-order valence-corrected chi connectivity index (χ2v) is 6.94. The summed E-state index contributed by atoms with van der Waals surface area (Å²) in [5, 5.41) is 18.4. The Morgan fingerprint density at radius 1 is 1.13 bits per heavy atom. The van der Waals surface area contributed by atoms with Gasteiger partial charge in [0.15, 0.2) is 0 Å². The average Bonchev–Trinajstić information content (AvgIpc) is 3.13. The molecule has 30 heavy (non-hydrogen) atoms. The zero-order valence-electron chi connectivity index (χ0n) is 16.4. The van der Waals surface area contributed by atoms with Crippen LogP contribution >= 0.6 is 0 Å². The molecule has 1 amide bonds. The fraction of sp³-hybridized carbons (Fsp3) is 0.136. The number of amides is 1. The summed E-state index contributed by atoms with van der Waals surface area (Å²) in [6, 6.07) is 15.7. The lowest BCUT2D eigenvalue weighted by atomic mass is 10.0. The van der Waals surface area contributed by atoms with Crippen molar-refractivity contribution in [3.05, 3.63) is 87.1 Å². The highest BCUT2D eigenvalue weighted by Crippen LogP contribution is 2.27. The number of pyridine rings is 1. The molecule has 2 aromatic carbocycles. The van der Waals surface area contributed by atoms with Gasteiger partial charge in [-0.15, -0.1) is 0 Å². The molecule has 4 aromatic rings. The van der Waals surface area contributed by atoms with Gasteiger partial charge in [0.05, 0.1) is 27.3 Å². The second kappa shape index (κ2) is 7.75. The first-order chi connectivity index (χ1) is 14.4. The van der Waals surface area contributed by atoms with Crippen molar-refractivity contribution in [3.8, 4) is 11.3 Å². The molecule has 0 saturated carbocycles. The molecule has 1 N–H and O–H groups in total. The van der Waals surface area contributed by atoms with Crippen LogP contribution in [0.5, 0.6) is 0 Å². The molecule has 0 unspecified atom stereocenters. The van der Waals surface area contributed by atoms with Gasteiger partial charge in [-0.1, -0.05) is 53.2 Å². The highest BCUT2D eigenvalue weighted by molar-refractivity contribution is 6.07. The number of aromatic nitrogens is 2. The van der Waals surface area contributed by atoms with Crippen LogP contribution < -0.4 is 5.32 Å². The minimum Gasteiger partial charge on any atom is -0.348 e. The molecule has 2 heterocycles. The van der Waals surface area contributed by atoms with Crippen molar-refractivity contribution < 1.29 is 14.2 Å². The lowest BCUT2D eigenvalue weighted by molar-refractivity contribution is -0.385. The van der Waals surface area contributed by atoms with Crippen molar-refractivity contribution in [2.75, 3.05) is 0 Å². The maximum Gasteiger partial charge on any atom is 0.274 e. The van der Waals surface area contributed by atoms with Gasteiger partial charge in [-0.2, -0.15) is 0 Å². The van der Waals surface area contributed by atoms with Crippen molar-refractivity contribution >= 4 is 22.7 Å². The number of nitro groups is 1. The van der Waals surface area contributed by atoms with Crippen LogP contribution in [0, 0.1) is 24.0 Å². The van der Waals surface area contributed by atoms with E-state index in [4.69, 9.17) is 4.52 Å². The van der Waals surface area contributed by atoms with Gasteiger partial charge in [0, 0.05) is 23.7 Å². The maximum absolute atomic E-state index is 13.0. The predicted octanol–water partition coefficient (Wildman–Crippen LogP) is 4.34. The third-order valence-corrected chi connectivity index (χ3v) is 4.84. The van der Waals surface area contributed by atoms with Gasteiger partial charge in [0.2, 0.25) is 0 Å². The van der Waals surface area contributed by atoms with Crippen LogP contribution in [0.15, 0.2) is 59.1 Å². The van der Waals surface area contributed by atoms with E-state index in [9.17, 15) is 14.9 Å². The van der Waals surface area contributed by atoms with E-state index in [-0.39, 0.29) is 23.9 Å². The fourth-order valence-electron chi connectivity index (χ4n) is 3.26. The number of aryl methyl sites for hydroxylation is 2. The van der Waals surface area contributed by atoms with Crippen LogP contribution in [0.3, 0.4) is 0 Å². The smallest absolute Gasteiger partial charge is 0.274 e. The van der Waals surface area contributed by atoms with E-state index >= 15 is 0 Å². The molecule has 0 atom stereocenters. The Labute approximate surface area is 171 Å². The lowest BCUT2D eigenvalue weighted by Crippen LogP contribution is -2.23. The summed E-state index contributed by atoms with van der Waals surface area (Å²) in [5.74, 6) is -0.389. The highest BCUT2D eigenvalue weighted by atomic mass is 16.6. The zero-order chi connectivity index (χ0) is 21.3. The van der Waals surface area contributed by atoms with Crippen LogP contribution in [0.2, 0.25) is 0 Å². The number of rotatable bonds is 5.